The molecular formula is C28H37N3O2S. The Kier molecular flexibility index (Phi) is 7.65. The highest BCUT2D eigenvalue weighted by atomic mass is 32.1. The Bertz CT molecular complexity index is 969. The summed E-state index contributed by atoms with van der Waals surface area (Å²) in [7, 11) is 0. The summed E-state index contributed by atoms with van der Waals surface area (Å²) in [5.74, 6) is 1.23. The van der Waals surface area contributed by atoms with Gasteiger partial charge >= 0.3 is 0 Å². The van der Waals surface area contributed by atoms with Gasteiger partial charge in [-0.25, -0.2) is 0 Å². The molecule has 6 heteroatoms. The Morgan fingerprint density at radius 3 is 2.35 bits per heavy atom. The van der Waals surface area contributed by atoms with Crippen LogP contribution in [0.4, 0.5) is 0 Å². The van der Waals surface area contributed by atoms with Crippen LogP contribution in [-0.4, -0.2) is 65.8 Å². The standard InChI is InChI=1S/C28H37N3O2S/c32-26(12-11-22-7-4-5-8-22)29-15-6-16-30(19-18-29)27(33)21-31-17-13-25-24(14-20-34-25)28(31)23-9-2-1-3-10-23/h1-3,9-10,14,20,22,28H,4-8,11-13,15-19,21H2. The van der Waals surface area contributed by atoms with Crippen LogP contribution < -0.4 is 0 Å². The molecular weight excluding hydrogens is 442 g/mol. The summed E-state index contributed by atoms with van der Waals surface area (Å²) in [6, 6.07) is 12.9. The van der Waals surface area contributed by atoms with Gasteiger partial charge in [-0.1, -0.05) is 56.0 Å². The molecule has 182 valence electrons. The minimum absolute atomic E-state index is 0.140. The fourth-order valence-corrected chi connectivity index (χ4v) is 6.94. The number of carbonyl (C=O) groups is 2. The maximum atomic E-state index is 13.4. The minimum atomic E-state index is 0.140. The summed E-state index contributed by atoms with van der Waals surface area (Å²) in [6.45, 7) is 4.19. The largest absolute Gasteiger partial charge is 0.341 e. The van der Waals surface area contributed by atoms with E-state index in [1.54, 1.807) is 0 Å². The Balaban J connectivity index is 1.19. The van der Waals surface area contributed by atoms with E-state index >= 15 is 0 Å². The van der Waals surface area contributed by atoms with Crippen molar-refractivity contribution in [1.82, 2.24) is 14.7 Å². The predicted molar refractivity (Wildman–Crippen MR) is 137 cm³/mol. The van der Waals surface area contributed by atoms with Crippen molar-refractivity contribution in [3.05, 3.63) is 57.8 Å². The van der Waals surface area contributed by atoms with Gasteiger partial charge in [-0.05, 0) is 47.8 Å². The zero-order valence-corrected chi connectivity index (χ0v) is 21.0. The summed E-state index contributed by atoms with van der Waals surface area (Å²) >= 11 is 1.83. The molecule has 0 spiro atoms. The second-order valence-electron chi connectivity index (χ2n) is 10.1. The molecule has 2 fully saturated rings. The average molecular weight is 480 g/mol. The topological polar surface area (TPSA) is 43.9 Å². The summed E-state index contributed by atoms with van der Waals surface area (Å²) in [4.78, 5) is 34.0. The molecule has 1 aromatic heterocycles. The van der Waals surface area contributed by atoms with E-state index in [0.717, 1.165) is 44.8 Å². The second-order valence-corrected chi connectivity index (χ2v) is 11.1. The third-order valence-electron chi connectivity index (χ3n) is 7.96. The van der Waals surface area contributed by atoms with Crippen molar-refractivity contribution in [3.63, 3.8) is 0 Å². The Morgan fingerprint density at radius 2 is 1.59 bits per heavy atom. The molecule has 0 radical (unpaired) electrons. The van der Waals surface area contributed by atoms with Gasteiger partial charge in [-0.15, -0.1) is 11.3 Å². The third-order valence-corrected chi connectivity index (χ3v) is 8.96. The number of thiophene rings is 1. The zero-order valence-electron chi connectivity index (χ0n) is 20.2. The van der Waals surface area contributed by atoms with Crippen molar-refractivity contribution in [2.45, 2.75) is 57.4 Å². The van der Waals surface area contributed by atoms with Gasteiger partial charge in [-0.3, -0.25) is 14.5 Å². The Labute approximate surface area is 207 Å². The van der Waals surface area contributed by atoms with Crippen LogP contribution in [0.15, 0.2) is 41.8 Å². The van der Waals surface area contributed by atoms with Crippen LogP contribution in [0.25, 0.3) is 0 Å². The Hall–Kier alpha value is -2.18. The molecule has 2 amide bonds. The molecule has 1 unspecified atom stereocenters. The van der Waals surface area contributed by atoms with E-state index in [4.69, 9.17) is 0 Å². The van der Waals surface area contributed by atoms with Crippen molar-refractivity contribution in [2.24, 2.45) is 5.92 Å². The van der Waals surface area contributed by atoms with Crippen LogP contribution >= 0.6 is 11.3 Å². The fraction of sp³-hybridized carbons (Fsp3) is 0.571. The summed E-state index contributed by atoms with van der Waals surface area (Å²) < 4.78 is 0. The van der Waals surface area contributed by atoms with Crippen LogP contribution in [0, 0.1) is 5.92 Å². The van der Waals surface area contributed by atoms with Crippen LogP contribution in [0.5, 0.6) is 0 Å². The summed E-state index contributed by atoms with van der Waals surface area (Å²) in [5.41, 5.74) is 2.61. The molecule has 0 bridgehead atoms. The lowest BCUT2D eigenvalue weighted by Gasteiger charge is -2.37. The first-order valence-corrected chi connectivity index (χ1v) is 14.0. The maximum absolute atomic E-state index is 13.4. The van der Waals surface area contributed by atoms with Crippen molar-refractivity contribution < 1.29 is 9.59 Å². The number of benzene rings is 1. The highest BCUT2D eigenvalue weighted by Gasteiger charge is 2.32. The minimum Gasteiger partial charge on any atom is -0.341 e. The molecule has 1 aromatic carbocycles. The number of fused-ring (bicyclic) bond motifs is 1. The molecule has 1 saturated carbocycles. The molecule has 0 N–H and O–H groups in total. The quantitative estimate of drug-likeness (QED) is 0.602. The molecule has 2 aliphatic heterocycles. The van der Waals surface area contributed by atoms with Gasteiger partial charge < -0.3 is 9.80 Å². The van der Waals surface area contributed by atoms with E-state index in [2.05, 4.69) is 40.6 Å². The number of hydrogen-bond acceptors (Lipinski definition) is 4. The average Bonchev–Trinajstić information content (AvgIpc) is 3.50. The molecule has 1 saturated heterocycles. The number of amides is 2. The van der Waals surface area contributed by atoms with Crippen molar-refractivity contribution in [1.29, 1.82) is 0 Å². The van der Waals surface area contributed by atoms with Crippen LogP contribution in [0.2, 0.25) is 0 Å². The monoisotopic (exact) mass is 479 g/mol. The third kappa shape index (κ3) is 5.38. The van der Waals surface area contributed by atoms with Gasteiger partial charge in [0.25, 0.3) is 0 Å². The molecule has 34 heavy (non-hydrogen) atoms. The van der Waals surface area contributed by atoms with Gasteiger partial charge in [0.05, 0.1) is 12.6 Å². The van der Waals surface area contributed by atoms with Gasteiger partial charge in [-0.2, -0.15) is 0 Å². The highest BCUT2D eigenvalue weighted by Crippen LogP contribution is 2.37. The SMILES string of the molecule is O=C(CCC1CCCC1)N1CCCN(C(=O)CN2CCc3sccc3C2c2ccccc2)CC1. The molecule has 3 aliphatic rings. The molecule has 1 atom stereocenters. The van der Waals surface area contributed by atoms with E-state index < -0.39 is 0 Å². The number of carbonyl (C=O) groups excluding carboxylic acids is 2. The van der Waals surface area contributed by atoms with Crippen molar-refractivity contribution in [3.8, 4) is 0 Å². The first-order chi connectivity index (χ1) is 16.7. The van der Waals surface area contributed by atoms with Gasteiger partial charge in [0.2, 0.25) is 11.8 Å². The van der Waals surface area contributed by atoms with Gasteiger partial charge in [0.1, 0.15) is 0 Å². The summed E-state index contributed by atoms with van der Waals surface area (Å²) in [6.07, 6.45) is 8.84. The first-order valence-electron chi connectivity index (χ1n) is 13.1. The lowest BCUT2D eigenvalue weighted by atomic mass is 9.93. The number of nitrogens with zero attached hydrogens (tertiary/aromatic N) is 3. The van der Waals surface area contributed by atoms with E-state index in [1.807, 2.05) is 27.2 Å². The fourth-order valence-electron chi connectivity index (χ4n) is 6.04. The predicted octanol–water partition coefficient (Wildman–Crippen LogP) is 4.73. The first kappa shape index (κ1) is 23.6. The van der Waals surface area contributed by atoms with Crippen LogP contribution in [-0.2, 0) is 16.0 Å². The lowest BCUT2D eigenvalue weighted by molar-refractivity contribution is -0.134. The normalized spacial score (nSPS) is 21.9. The zero-order chi connectivity index (χ0) is 23.3. The Morgan fingerprint density at radius 1 is 0.853 bits per heavy atom. The van der Waals surface area contributed by atoms with Gasteiger partial charge in [0.15, 0.2) is 0 Å². The number of rotatable bonds is 6. The molecule has 5 nitrogen and oxygen atoms in total. The van der Waals surface area contributed by atoms with Gasteiger partial charge in [0, 0.05) is 44.0 Å². The summed E-state index contributed by atoms with van der Waals surface area (Å²) in [5, 5.41) is 2.18. The smallest absolute Gasteiger partial charge is 0.236 e. The molecule has 1 aliphatic carbocycles. The lowest BCUT2D eigenvalue weighted by Crippen LogP contribution is -2.45. The van der Waals surface area contributed by atoms with E-state index in [-0.39, 0.29) is 17.9 Å². The molecule has 5 rings (SSSR count). The molecule has 3 heterocycles. The van der Waals surface area contributed by atoms with Crippen molar-refractivity contribution >= 4 is 23.2 Å². The van der Waals surface area contributed by atoms with E-state index in [9.17, 15) is 9.59 Å². The maximum Gasteiger partial charge on any atom is 0.236 e. The second kappa shape index (κ2) is 11.0. The van der Waals surface area contributed by atoms with Crippen molar-refractivity contribution in [2.75, 3.05) is 39.3 Å². The highest BCUT2D eigenvalue weighted by molar-refractivity contribution is 7.10. The van der Waals surface area contributed by atoms with Crippen LogP contribution in [0.1, 0.15) is 67.0 Å². The van der Waals surface area contributed by atoms with E-state index in [1.165, 1.54) is 41.7 Å². The number of hydrogen-bond donors (Lipinski definition) is 0. The molecule has 2 aromatic rings. The van der Waals surface area contributed by atoms with Crippen LogP contribution in [0.3, 0.4) is 0 Å². The van der Waals surface area contributed by atoms with E-state index in [0.29, 0.717) is 26.1 Å².